The van der Waals surface area contributed by atoms with E-state index in [0.29, 0.717) is 44.9 Å². The van der Waals surface area contributed by atoms with E-state index in [1.807, 2.05) is 61.5 Å². The van der Waals surface area contributed by atoms with Crippen molar-refractivity contribution in [3.63, 3.8) is 0 Å². The van der Waals surface area contributed by atoms with Gasteiger partial charge in [-0.2, -0.15) is 5.10 Å². The van der Waals surface area contributed by atoms with Gasteiger partial charge in [0.15, 0.2) is 18.1 Å². The van der Waals surface area contributed by atoms with Crippen LogP contribution in [0.15, 0.2) is 82.4 Å². The minimum Gasteiger partial charge on any atom is -0.490 e. The molecule has 0 radical (unpaired) electrons. The fourth-order valence-electron chi connectivity index (χ4n) is 3.74. The van der Waals surface area contributed by atoms with Crippen molar-refractivity contribution in [2.45, 2.75) is 13.8 Å². The lowest BCUT2D eigenvalue weighted by atomic mass is 10.0. The number of aromatic nitrogens is 1. The number of hydrogen-bond acceptors (Lipinski definition) is 7. The lowest BCUT2D eigenvalue weighted by Crippen LogP contribution is -2.18. The first kappa shape index (κ1) is 26.8. The van der Waals surface area contributed by atoms with Gasteiger partial charge in [-0.25, -0.2) is 15.2 Å². The summed E-state index contributed by atoms with van der Waals surface area (Å²) in [5.74, 6) is -0.0471. The van der Waals surface area contributed by atoms with Gasteiger partial charge in [-0.3, -0.25) is 4.79 Å². The number of rotatable bonds is 10. The van der Waals surface area contributed by atoms with Gasteiger partial charge in [-0.05, 0) is 59.6 Å². The first-order valence-electron chi connectivity index (χ1n) is 12.0. The molecule has 1 N–H and O–H groups in total. The Morgan fingerprint density at radius 3 is 2.50 bits per heavy atom. The lowest BCUT2D eigenvalue weighted by molar-refractivity contribution is -0.145. The number of esters is 1. The monoisotopic (exact) mass is 575 g/mol. The van der Waals surface area contributed by atoms with E-state index in [-0.39, 0.29) is 19.1 Å². The first-order chi connectivity index (χ1) is 18.5. The number of carbonyl (C=O) groups is 2. The van der Waals surface area contributed by atoms with Gasteiger partial charge in [-0.1, -0.05) is 48.5 Å². The van der Waals surface area contributed by atoms with Crippen molar-refractivity contribution >= 4 is 44.9 Å². The van der Waals surface area contributed by atoms with Gasteiger partial charge >= 0.3 is 5.97 Å². The number of benzene rings is 3. The Hall–Kier alpha value is -4.24. The van der Waals surface area contributed by atoms with Gasteiger partial charge in [0.25, 0.3) is 5.91 Å². The summed E-state index contributed by atoms with van der Waals surface area (Å²) >= 11 is 3.46. The van der Waals surface area contributed by atoms with Crippen LogP contribution in [0, 0.1) is 0 Å². The average Bonchev–Trinajstić information content (AvgIpc) is 2.92. The van der Waals surface area contributed by atoms with Crippen LogP contribution in [0.3, 0.4) is 0 Å². The molecule has 0 saturated heterocycles. The van der Waals surface area contributed by atoms with Crippen LogP contribution < -0.4 is 14.9 Å². The highest BCUT2D eigenvalue weighted by Crippen LogP contribution is 2.36. The number of amides is 1. The van der Waals surface area contributed by atoms with Crippen LogP contribution in [-0.4, -0.2) is 42.9 Å². The molecule has 3 aromatic carbocycles. The molecule has 4 aromatic rings. The van der Waals surface area contributed by atoms with Gasteiger partial charge in [0.2, 0.25) is 0 Å². The van der Waals surface area contributed by atoms with Gasteiger partial charge in [0, 0.05) is 10.9 Å². The number of nitrogens with one attached hydrogen (secondary N) is 1. The molecule has 1 amide bonds. The first-order valence-corrected chi connectivity index (χ1v) is 12.8. The standard InChI is InChI=1S/C29H26BrN3O5/c1-3-36-26-15-19(14-23(30)28(26)38-18-27(34)37-4-2)17-31-33-29(35)22-16-25(20-10-6-5-7-11-20)32-24-13-9-8-12-21(22)24/h5-17H,3-4,18H2,1-2H3,(H,33,35)/b31-17+. The molecule has 9 heteroatoms. The summed E-state index contributed by atoms with van der Waals surface area (Å²) in [4.78, 5) is 29.6. The molecule has 194 valence electrons. The number of carbonyl (C=O) groups excluding carboxylic acids is 2. The largest absolute Gasteiger partial charge is 0.490 e. The Kier molecular flexibility index (Phi) is 9.05. The van der Waals surface area contributed by atoms with E-state index in [0.717, 1.165) is 10.9 Å². The topological polar surface area (TPSA) is 99.1 Å². The summed E-state index contributed by atoms with van der Waals surface area (Å²) in [7, 11) is 0. The zero-order valence-corrected chi connectivity index (χ0v) is 22.5. The van der Waals surface area contributed by atoms with Crippen molar-refractivity contribution in [3.8, 4) is 22.8 Å². The fraction of sp³-hybridized carbons (Fsp3) is 0.172. The number of fused-ring (bicyclic) bond motifs is 1. The number of hydrazone groups is 1. The quantitative estimate of drug-likeness (QED) is 0.146. The Balaban J connectivity index is 1.56. The van der Waals surface area contributed by atoms with Crippen molar-refractivity contribution in [3.05, 3.63) is 88.4 Å². The number of para-hydroxylation sites is 1. The minimum absolute atomic E-state index is 0.249. The third-order valence-electron chi connectivity index (χ3n) is 5.38. The molecule has 4 rings (SSSR count). The zero-order valence-electron chi connectivity index (χ0n) is 20.9. The molecule has 8 nitrogen and oxygen atoms in total. The van der Waals surface area contributed by atoms with E-state index in [4.69, 9.17) is 19.2 Å². The summed E-state index contributed by atoms with van der Waals surface area (Å²) < 4.78 is 16.8. The molecule has 0 spiro atoms. The fourth-order valence-corrected chi connectivity index (χ4v) is 4.32. The van der Waals surface area contributed by atoms with E-state index in [2.05, 4.69) is 26.5 Å². The Morgan fingerprint density at radius 2 is 1.74 bits per heavy atom. The highest BCUT2D eigenvalue weighted by Gasteiger charge is 2.15. The highest BCUT2D eigenvalue weighted by molar-refractivity contribution is 9.10. The van der Waals surface area contributed by atoms with Crippen LogP contribution in [0.25, 0.3) is 22.2 Å². The van der Waals surface area contributed by atoms with Crippen molar-refractivity contribution in [1.82, 2.24) is 10.4 Å². The summed E-state index contributed by atoms with van der Waals surface area (Å²) in [5, 5.41) is 4.89. The molecule has 0 aliphatic heterocycles. The Bertz CT molecular complexity index is 1470. The van der Waals surface area contributed by atoms with Crippen LogP contribution in [0.5, 0.6) is 11.5 Å². The second-order valence-corrected chi connectivity index (χ2v) is 8.85. The predicted octanol–water partition coefficient (Wildman–Crippen LogP) is 5.77. The third kappa shape index (κ3) is 6.54. The van der Waals surface area contributed by atoms with E-state index >= 15 is 0 Å². The van der Waals surface area contributed by atoms with E-state index in [1.165, 1.54) is 6.21 Å². The second-order valence-electron chi connectivity index (χ2n) is 7.99. The maximum Gasteiger partial charge on any atom is 0.344 e. The summed E-state index contributed by atoms with van der Waals surface area (Å²) in [6.45, 7) is 3.98. The SMILES string of the molecule is CCOC(=O)COc1c(Br)cc(/C=N/NC(=O)c2cc(-c3ccccc3)nc3ccccc23)cc1OCC. The number of nitrogens with zero attached hydrogens (tertiary/aromatic N) is 2. The van der Waals surface area contributed by atoms with Crippen LogP contribution in [-0.2, 0) is 9.53 Å². The van der Waals surface area contributed by atoms with Gasteiger partial charge in [0.1, 0.15) is 0 Å². The Morgan fingerprint density at radius 1 is 0.974 bits per heavy atom. The molecule has 0 fully saturated rings. The lowest BCUT2D eigenvalue weighted by Gasteiger charge is -2.14. The van der Waals surface area contributed by atoms with Crippen molar-refractivity contribution in [2.75, 3.05) is 19.8 Å². The molecule has 38 heavy (non-hydrogen) atoms. The second kappa shape index (κ2) is 12.8. The normalized spacial score (nSPS) is 10.9. The smallest absolute Gasteiger partial charge is 0.344 e. The number of halogens is 1. The zero-order chi connectivity index (χ0) is 26.9. The highest BCUT2D eigenvalue weighted by atomic mass is 79.9. The van der Waals surface area contributed by atoms with E-state index in [9.17, 15) is 9.59 Å². The number of hydrogen-bond donors (Lipinski definition) is 1. The predicted molar refractivity (Wildman–Crippen MR) is 150 cm³/mol. The molecular formula is C29H26BrN3O5. The Labute approximate surface area is 228 Å². The molecule has 0 atom stereocenters. The van der Waals surface area contributed by atoms with Crippen molar-refractivity contribution < 1.29 is 23.8 Å². The van der Waals surface area contributed by atoms with Gasteiger partial charge in [-0.15, -0.1) is 0 Å². The molecule has 1 aromatic heterocycles. The van der Waals surface area contributed by atoms with Crippen LogP contribution in [0.2, 0.25) is 0 Å². The minimum atomic E-state index is -0.478. The maximum atomic E-state index is 13.2. The number of ether oxygens (including phenoxy) is 3. The van der Waals surface area contributed by atoms with Crippen LogP contribution in [0.1, 0.15) is 29.8 Å². The van der Waals surface area contributed by atoms with Gasteiger partial charge < -0.3 is 14.2 Å². The summed E-state index contributed by atoms with van der Waals surface area (Å²) in [6.07, 6.45) is 1.50. The van der Waals surface area contributed by atoms with Gasteiger partial charge in [0.05, 0.1) is 40.7 Å². The molecule has 0 aliphatic carbocycles. The van der Waals surface area contributed by atoms with Crippen molar-refractivity contribution in [1.29, 1.82) is 0 Å². The van der Waals surface area contributed by atoms with Crippen LogP contribution >= 0.6 is 15.9 Å². The molecular weight excluding hydrogens is 550 g/mol. The number of pyridine rings is 1. The third-order valence-corrected chi connectivity index (χ3v) is 5.97. The molecule has 0 aliphatic rings. The average molecular weight is 576 g/mol. The summed E-state index contributed by atoms with van der Waals surface area (Å²) in [5.41, 5.74) is 6.04. The van der Waals surface area contributed by atoms with Crippen molar-refractivity contribution in [2.24, 2.45) is 5.10 Å². The van der Waals surface area contributed by atoms with E-state index in [1.54, 1.807) is 25.1 Å². The molecule has 0 bridgehead atoms. The molecule has 0 saturated carbocycles. The van der Waals surface area contributed by atoms with Crippen LogP contribution in [0.4, 0.5) is 0 Å². The van der Waals surface area contributed by atoms with E-state index < -0.39 is 5.97 Å². The molecule has 0 unspecified atom stereocenters. The summed E-state index contributed by atoms with van der Waals surface area (Å²) in [6, 6.07) is 22.4. The maximum absolute atomic E-state index is 13.2. The molecule has 1 heterocycles.